The summed E-state index contributed by atoms with van der Waals surface area (Å²) in [6, 6.07) is 27.9. The van der Waals surface area contributed by atoms with Gasteiger partial charge >= 0.3 is 0 Å². The first-order valence-electron chi connectivity index (χ1n) is 24.8. The zero-order chi connectivity index (χ0) is 50.1. The van der Waals surface area contributed by atoms with Crippen molar-refractivity contribution in [2.75, 3.05) is 65.2 Å². The SMILES string of the molecule is CCCS(=O)(=O)c1nc2ccc(OCCCCCC(=O)NCCCOC)cc2n1-c1ccc(C)cc1.CCCSc1nc2ccc(OCCCCCC(=O)NCCCOC)cc2n1-c1ccc(C)cc1. The fourth-order valence-corrected chi connectivity index (χ4v) is 9.89. The van der Waals surface area contributed by atoms with Crippen LogP contribution in [0.3, 0.4) is 0 Å². The second kappa shape index (κ2) is 29.7. The fourth-order valence-electron chi connectivity index (χ4n) is 7.57. The van der Waals surface area contributed by atoms with Crippen molar-refractivity contribution in [1.82, 2.24) is 29.7 Å². The number of aromatic nitrogens is 4. The number of carbonyl (C=O) groups is 2. The Bertz CT molecular complexity index is 2630. The molecule has 4 aromatic carbocycles. The predicted molar refractivity (Wildman–Crippen MR) is 282 cm³/mol. The van der Waals surface area contributed by atoms with Crippen LogP contribution in [0.5, 0.6) is 11.5 Å². The zero-order valence-electron chi connectivity index (χ0n) is 42.1. The molecular formula is C54H74N6O8S2. The van der Waals surface area contributed by atoms with Crippen LogP contribution in [0.1, 0.15) is 102 Å². The van der Waals surface area contributed by atoms with Crippen LogP contribution in [0.25, 0.3) is 33.4 Å². The second-order valence-electron chi connectivity index (χ2n) is 17.3. The Kier molecular flexibility index (Phi) is 23.5. The summed E-state index contributed by atoms with van der Waals surface area (Å²) < 4.78 is 51.9. The van der Waals surface area contributed by atoms with Gasteiger partial charge in [0, 0.05) is 82.6 Å². The van der Waals surface area contributed by atoms with Gasteiger partial charge in [-0.2, -0.15) is 0 Å². The van der Waals surface area contributed by atoms with E-state index in [2.05, 4.69) is 64.4 Å². The highest BCUT2D eigenvalue weighted by molar-refractivity contribution is 7.99. The quantitative estimate of drug-likeness (QED) is 0.0326. The van der Waals surface area contributed by atoms with Crippen molar-refractivity contribution in [3.8, 4) is 22.9 Å². The maximum atomic E-state index is 13.0. The number of unbranched alkanes of at least 4 members (excludes halogenated alkanes) is 4. The summed E-state index contributed by atoms with van der Waals surface area (Å²) in [5.41, 5.74) is 7.52. The molecule has 380 valence electrons. The Hall–Kier alpha value is -5.42. The molecule has 0 saturated carbocycles. The normalized spacial score (nSPS) is 11.4. The third-order valence-electron chi connectivity index (χ3n) is 11.3. The number of carbonyl (C=O) groups excluding carboxylic acids is 2. The number of rotatable bonds is 30. The molecule has 6 aromatic rings. The van der Waals surface area contributed by atoms with E-state index in [1.807, 2.05) is 62.4 Å². The summed E-state index contributed by atoms with van der Waals surface area (Å²) in [6.07, 6.45) is 9.62. The summed E-state index contributed by atoms with van der Waals surface area (Å²) in [5.74, 6) is 2.76. The number of fused-ring (bicyclic) bond motifs is 2. The molecule has 0 spiro atoms. The lowest BCUT2D eigenvalue weighted by Crippen LogP contribution is -2.24. The number of aryl methyl sites for hydroxylation is 2. The van der Waals surface area contributed by atoms with Crippen LogP contribution < -0.4 is 20.1 Å². The first kappa shape index (κ1) is 55.5. The molecule has 0 unspecified atom stereocenters. The average Bonchev–Trinajstić information content (AvgIpc) is 3.92. The van der Waals surface area contributed by atoms with Crippen LogP contribution in [-0.4, -0.2) is 105 Å². The van der Waals surface area contributed by atoms with Crippen molar-refractivity contribution in [3.05, 3.63) is 96.1 Å². The lowest BCUT2D eigenvalue weighted by molar-refractivity contribution is -0.122. The van der Waals surface area contributed by atoms with E-state index in [4.69, 9.17) is 23.9 Å². The molecule has 0 fully saturated rings. The topological polar surface area (TPSA) is 165 Å². The molecule has 70 heavy (non-hydrogen) atoms. The van der Waals surface area contributed by atoms with E-state index in [-0.39, 0.29) is 22.7 Å². The Labute approximate surface area is 419 Å². The monoisotopic (exact) mass is 999 g/mol. The molecule has 2 amide bonds. The molecule has 2 N–H and O–H groups in total. The van der Waals surface area contributed by atoms with Crippen LogP contribution >= 0.6 is 11.8 Å². The van der Waals surface area contributed by atoms with Gasteiger partial charge in [0.25, 0.3) is 0 Å². The van der Waals surface area contributed by atoms with Crippen LogP contribution in [-0.2, 0) is 28.9 Å². The first-order chi connectivity index (χ1) is 34.0. The number of methoxy groups -OCH3 is 2. The fraction of sp³-hybridized carbons (Fsp3) is 0.481. The lowest BCUT2D eigenvalue weighted by atomic mass is 10.2. The van der Waals surface area contributed by atoms with E-state index < -0.39 is 9.84 Å². The highest BCUT2D eigenvalue weighted by Crippen LogP contribution is 2.32. The van der Waals surface area contributed by atoms with Gasteiger partial charge in [-0.05, 0) is 127 Å². The predicted octanol–water partition coefficient (Wildman–Crippen LogP) is 10.5. The van der Waals surface area contributed by atoms with Gasteiger partial charge in [0.1, 0.15) is 11.5 Å². The third-order valence-corrected chi connectivity index (χ3v) is 14.2. The van der Waals surface area contributed by atoms with E-state index in [0.29, 0.717) is 75.6 Å². The number of hydrogen-bond donors (Lipinski definition) is 2. The largest absolute Gasteiger partial charge is 0.494 e. The Morgan fingerprint density at radius 2 is 1.07 bits per heavy atom. The molecule has 0 radical (unpaired) electrons. The van der Waals surface area contributed by atoms with Gasteiger partial charge in [0.15, 0.2) is 5.16 Å². The molecule has 0 bridgehead atoms. The average molecular weight is 999 g/mol. The second-order valence-corrected chi connectivity index (χ2v) is 20.4. The summed E-state index contributed by atoms with van der Waals surface area (Å²) in [7, 11) is -0.226. The number of nitrogens with one attached hydrogen (secondary N) is 2. The van der Waals surface area contributed by atoms with Gasteiger partial charge in [-0.25, -0.2) is 18.4 Å². The first-order valence-corrected chi connectivity index (χ1v) is 27.4. The van der Waals surface area contributed by atoms with Gasteiger partial charge in [-0.1, -0.05) is 61.0 Å². The number of sulfone groups is 1. The number of hydrogen-bond acceptors (Lipinski definition) is 11. The number of ether oxygens (including phenoxy) is 4. The van der Waals surface area contributed by atoms with Crippen LogP contribution in [0.4, 0.5) is 0 Å². The van der Waals surface area contributed by atoms with Crippen molar-refractivity contribution in [3.63, 3.8) is 0 Å². The molecule has 0 aliphatic heterocycles. The Morgan fingerprint density at radius 3 is 1.56 bits per heavy atom. The standard InChI is InChI=1S/C27H37N3O5S.C27H37N3O3S/c1-4-19-36(32,33)27-29-24-15-14-23(20-25(24)30(27)22-12-10-21(2)11-13-22)35-18-7-5-6-9-26(31)28-16-8-17-34-3;1-4-19-34-27-29-24-15-14-23(20-25(24)30(27)22-12-10-21(2)11-13-22)33-18-7-5-6-9-26(31)28-16-8-17-32-3/h10-15,20H,4-9,16-19H2,1-3H3,(H,28,31);10-15,20H,4-9,16-19H2,1-3H3,(H,28,31). The Balaban J connectivity index is 0.000000261. The van der Waals surface area contributed by atoms with Crippen LogP contribution in [0, 0.1) is 13.8 Å². The summed E-state index contributed by atoms with van der Waals surface area (Å²) in [5, 5.41) is 6.89. The summed E-state index contributed by atoms with van der Waals surface area (Å²) in [4.78, 5) is 33.0. The third kappa shape index (κ3) is 17.5. The maximum Gasteiger partial charge on any atom is 0.233 e. The van der Waals surface area contributed by atoms with E-state index in [0.717, 1.165) is 102 Å². The molecule has 14 nitrogen and oxygen atoms in total. The zero-order valence-corrected chi connectivity index (χ0v) is 43.7. The van der Waals surface area contributed by atoms with E-state index in [9.17, 15) is 18.0 Å². The van der Waals surface area contributed by atoms with E-state index in [1.165, 1.54) is 5.56 Å². The number of imidazole rings is 2. The number of amides is 2. The number of nitrogens with zero attached hydrogens (tertiary/aromatic N) is 4. The highest BCUT2D eigenvalue weighted by atomic mass is 32.2. The maximum absolute atomic E-state index is 13.0. The van der Waals surface area contributed by atoms with Crippen LogP contribution in [0.2, 0.25) is 0 Å². The number of benzene rings is 4. The van der Waals surface area contributed by atoms with Gasteiger partial charge in [0.2, 0.25) is 26.8 Å². The highest BCUT2D eigenvalue weighted by Gasteiger charge is 2.24. The van der Waals surface area contributed by atoms with Crippen molar-refractivity contribution >= 4 is 55.5 Å². The lowest BCUT2D eigenvalue weighted by Gasteiger charge is -2.11. The van der Waals surface area contributed by atoms with Crippen molar-refractivity contribution in [1.29, 1.82) is 0 Å². The van der Waals surface area contributed by atoms with Crippen LogP contribution in [0.15, 0.2) is 95.2 Å². The molecule has 2 heterocycles. The van der Waals surface area contributed by atoms with Gasteiger partial charge < -0.3 is 29.6 Å². The van der Waals surface area contributed by atoms with E-state index >= 15 is 0 Å². The molecular weight excluding hydrogens is 925 g/mol. The smallest absolute Gasteiger partial charge is 0.233 e. The van der Waals surface area contributed by atoms with Crippen molar-refractivity contribution in [2.24, 2.45) is 0 Å². The molecule has 0 saturated heterocycles. The molecule has 0 aliphatic carbocycles. The minimum absolute atomic E-state index is 0.0384. The van der Waals surface area contributed by atoms with Gasteiger partial charge in [0.05, 0.1) is 41.0 Å². The van der Waals surface area contributed by atoms with Gasteiger partial charge in [-0.3, -0.25) is 18.7 Å². The molecule has 2 aromatic heterocycles. The van der Waals surface area contributed by atoms with Gasteiger partial charge in [-0.15, -0.1) is 0 Å². The molecule has 16 heteroatoms. The molecule has 6 rings (SSSR count). The van der Waals surface area contributed by atoms with Crippen molar-refractivity contribution in [2.45, 2.75) is 115 Å². The molecule has 0 atom stereocenters. The van der Waals surface area contributed by atoms with Crippen molar-refractivity contribution < 1.29 is 37.0 Å². The minimum Gasteiger partial charge on any atom is -0.494 e. The molecule has 0 aliphatic rings. The minimum atomic E-state index is -3.55. The number of thioether (sulfide) groups is 1. The summed E-state index contributed by atoms with van der Waals surface area (Å²) in [6.45, 7) is 11.9. The summed E-state index contributed by atoms with van der Waals surface area (Å²) >= 11 is 1.79. The Morgan fingerprint density at radius 1 is 0.586 bits per heavy atom. The van der Waals surface area contributed by atoms with E-state index in [1.54, 1.807) is 36.6 Å².